The van der Waals surface area contributed by atoms with Gasteiger partial charge in [-0.2, -0.15) is 0 Å². The first-order chi connectivity index (χ1) is 13.5. The molecule has 3 saturated heterocycles. The normalized spacial score (nSPS) is 29.6. The standard InChI is InChI=1S/C21H31N5O2/c1-22-21(28)14-7-8-23-19(10-14)25-11-15-9-16(12-25)18(13-24(2)3)26-17(15)5-4-6-20(26)27/h7-8,10,15-18H,4-6,9,11-13H2,1-3H3,(H,22,28)/t15-,16+,17+,18+/m1/s1. The first-order valence-corrected chi connectivity index (χ1v) is 10.4. The molecule has 1 aromatic heterocycles. The lowest BCUT2D eigenvalue weighted by atomic mass is 9.72. The average molecular weight is 386 g/mol. The van der Waals surface area contributed by atoms with Crippen LogP contribution in [0.15, 0.2) is 18.3 Å². The molecule has 7 nitrogen and oxygen atoms in total. The number of nitrogens with one attached hydrogen (secondary N) is 1. The molecule has 28 heavy (non-hydrogen) atoms. The molecule has 0 saturated carbocycles. The highest BCUT2D eigenvalue weighted by Gasteiger charge is 2.49. The van der Waals surface area contributed by atoms with Crippen LogP contribution in [0.5, 0.6) is 0 Å². The zero-order valence-electron chi connectivity index (χ0n) is 17.1. The van der Waals surface area contributed by atoms with Crippen molar-refractivity contribution in [1.82, 2.24) is 20.1 Å². The average Bonchev–Trinajstić information content (AvgIpc) is 2.70. The summed E-state index contributed by atoms with van der Waals surface area (Å²) in [5, 5.41) is 2.69. The summed E-state index contributed by atoms with van der Waals surface area (Å²) < 4.78 is 0. The molecular formula is C21H31N5O2. The van der Waals surface area contributed by atoms with Crippen LogP contribution in [-0.2, 0) is 4.79 Å². The predicted molar refractivity (Wildman–Crippen MR) is 108 cm³/mol. The SMILES string of the molecule is CNC(=O)c1ccnc(N2C[C@H]3C[C@@H](C2)[C@H](CN(C)C)N2C(=O)CCC[C@@H]32)c1. The van der Waals surface area contributed by atoms with Gasteiger partial charge in [-0.05, 0) is 57.3 Å². The Morgan fingerprint density at radius 2 is 2.11 bits per heavy atom. The lowest BCUT2D eigenvalue weighted by Crippen LogP contribution is -2.67. The van der Waals surface area contributed by atoms with Crippen LogP contribution in [0.2, 0.25) is 0 Å². The molecule has 4 atom stereocenters. The van der Waals surface area contributed by atoms with Gasteiger partial charge < -0.3 is 20.0 Å². The zero-order chi connectivity index (χ0) is 19.8. The topological polar surface area (TPSA) is 68.8 Å². The van der Waals surface area contributed by atoms with Crippen LogP contribution in [0.25, 0.3) is 0 Å². The van der Waals surface area contributed by atoms with Crippen LogP contribution in [0, 0.1) is 11.8 Å². The Bertz CT molecular complexity index is 752. The van der Waals surface area contributed by atoms with E-state index < -0.39 is 0 Å². The molecule has 7 heteroatoms. The Morgan fingerprint density at radius 1 is 1.32 bits per heavy atom. The molecular weight excluding hydrogens is 354 g/mol. The first kappa shape index (κ1) is 19.2. The smallest absolute Gasteiger partial charge is 0.251 e. The van der Waals surface area contributed by atoms with Crippen molar-refractivity contribution in [2.75, 3.05) is 45.7 Å². The van der Waals surface area contributed by atoms with Gasteiger partial charge in [-0.15, -0.1) is 0 Å². The Balaban J connectivity index is 1.62. The third-order valence-electron chi connectivity index (χ3n) is 6.61. The maximum Gasteiger partial charge on any atom is 0.251 e. The molecule has 2 amide bonds. The van der Waals surface area contributed by atoms with Crippen molar-refractivity contribution in [3.8, 4) is 0 Å². The van der Waals surface area contributed by atoms with Gasteiger partial charge in [0.1, 0.15) is 5.82 Å². The van der Waals surface area contributed by atoms with Crippen molar-refractivity contribution >= 4 is 17.6 Å². The summed E-state index contributed by atoms with van der Waals surface area (Å²) in [5.41, 5.74) is 0.641. The quantitative estimate of drug-likeness (QED) is 0.844. The van der Waals surface area contributed by atoms with E-state index in [1.54, 1.807) is 19.3 Å². The molecule has 2 bridgehead atoms. The van der Waals surface area contributed by atoms with Crippen LogP contribution in [0.3, 0.4) is 0 Å². The molecule has 152 valence electrons. The van der Waals surface area contributed by atoms with Crippen LogP contribution in [-0.4, -0.2) is 79.5 Å². The number of nitrogens with zero attached hydrogens (tertiary/aromatic N) is 4. The van der Waals surface area contributed by atoms with Crippen molar-refractivity contribution in [2.45, 2.75) is 37.8 Å². The molecule has 4 heterocycles. The highest BCUT2D eigenvalue weighted by Crippen LogP contribution is 2.42. The molecule has 4 rings (SSSR count). The Kier molecular flexibility index (Phi) is 5.27. The van der Waals surface area contributed by atoms with Crippen molar-refractivity contribution in [3.63, 3.8) is 0 Å². The number of likely N-dealkylation sites (N-methyl/N-ethyl adjacent to an activating group) is 1. The van der Waals surface area contributed by atoms with E-state index in [9.17, 15) is 9.59 Å². The molecule has 0 unspecified atom stereocenters. The molecule has 0 aromatic carbocycles. The summed E-state index contributed by atoms with van der Waals surface area (Å²) in [6.07, 6.45) is 5.70. The molecule has 3 aliphatic heterocycles. The summed E-state index contributed by atoms with van der Waals surface area (Å²) >= 11 is 0. The lowest BCUT2D eigenvalue weighted by Gasteiger charge is -2.57. The number of amides is 2. The van der Waals surface area contributed by atoms with E-state index in [1.807, 2.05) is 6.07 Å². The first-order valence-electron chi connectivity index (χ1n) is 10.4. The molecule has 0 aliphatic carbocycles. The van der Waals surface area contributed by atoms with Gasteiger partial charge in [0.25, 0.3) is 5.91 Å². The predicted octanol–water partition coefficient (Wildman–Crippen LogP) is 1.21. The largest absolute Gasteiger partial charge is 0.356 e. The number of piperidine rings is 3. The lowest BCUT2D eigenvalue weighted by molar-refractivity contribution is -0.149. The monoisotopic (exact) mass is 385 g/mol. The fourth-order valence-electron chi connectivity index (χ4n) is 5.45. The minimum absolute atomic E-state index is 0.0876. The molecule has 3 fully saturated rings. The van der Waals surface area contributed by atoms with Crippen LogP contribution in [0.4, 0.5) is 5.82 Å². The van der Waals surface area contributed by atoms with Gasteiger partial charge in [0, 0.05) is 56.9 Å². The van der Waals surface area contributed by atoms with Gasteiger partial charge in [-0.1, -0.05) is 0 Å². The van der Waals surface area contributed by atoms with E-state index in [2.05, 4.69) is 39.1 Å². The van der Waals surface area contributed by atoms with Gasteiger partial charge >= 0.3 is 0 Å². The summed E-state index contributed by atoms with van der Waals surface area (Å²) in [6, 6.07) is 4.25. The second-order valence-electron chi connectivity index (χ2n) is 8.73. The van der Waals surface area contributed by atoms with E-state index in [-0.39, 0.29) is 11.9 Å². The highest BCUT2D eigenvalue weighted by atomic mass is 16.2. The molecule has 1 N–H and O–H groups in total. The number of hydrogen-bond acceptors (Lipinski definition) is 5. The summed E-state index contributed by atoms with van der Waals surface area (Å²) in [6.45, 7) is 2.69. The fraction of sp³-hybridized carbons (Fsp3) is 0.667. The Hall–Kier alpha value is -2.15. The Morgan fingerprint density at radius 3 is 2.86 bits per heavy atom. The highest BCUT2D eigenvalue weighted by molar-refractivity contribution is 5.94. The third kappa shape index (κ3) is 3.48. The molecule has 0 radical (unpaired) electrons. The van der Waals surface area contributed by atoms with Gasteiger partial charge in [-0.3, -0.25) is 9.59 Å². The van der Waals surface area contributed by atoms with E-state index in [4.69, 9.17) is 0 Å². The van der Waals surface area contributed by atoms with Crippen molar-refractivity contribution < 1.29 is 9.59 Å². The number of fused-ring (bicyclic) bond motifs is 4. The zero-order valence-corrected chi connectivity index (χ0v) is 17.1. The maximum atomic E-state index is 12.8. The molecule has 0 spiro atoms. The second-order valence-corrected chi connectivity index (χ2v) is 8.73. The van der Waals surface area contributed by atoms with Gasteiger partial charge in [0.15, 0.2) is 0 Å². The maximum absolute atomic E-state index is 12.8. The summed E-state index contributed by atoms with van der Waals surface area (Å²) in [7, 11) is 5.82. The summed E-state index contributed by atoms with van der Waals surface area (Å²) in [5.74, 6) is 2.04. The van der Waals surface area contributed by atoms with Crippen LogP contribution in [0.1, 0.15) is 36.0 Å². The van der Waals surface area contributed by atoms with Gasteiger partial charge in [0.05, 0.1) is 0 Å². The van der Waals surface area contributed by atoms with Gasteiger partial charge in [0.2, 0.25) is 5.91 Å². The third-order valence-corrected chi connectivity index (χ3v) is 6.61. The summed E-state index contributed by atoms with van der Waals surface area (Å²) in [4.78, 5) is 36.2. The van der Waals surface area contributed by atoms with E-state index in [0.29, 0.717) is 35.8 Å². The second kappa shape index (κ2) is 7.70. The Labute approximate surface area is 167 Å². The number of carbonyl (C=O) groups is 2. The minimum atomic E-state index is -0.0876. The van der Waals surface area contributed by atoms with E-state index in [1.165, 1.54) is 6.42 Å². The number of hydrogen-bond donors (Lipinski definition) is 1. The van der Waals surface area contributed by atoms with Crippen molar-refractivity contribution in [3.05, 3.63) is 23.9 Å². The fourth-order valence-corrected chi connectivity index (χ4v) is 5.45. The number of carbonyl (C=O) groups excluding carboxylic acids is 2. The molecule has 1 aromatic rings. The van der Waals surface area contributed by atoms with Crippen molar-refractivity contribution in [2.24, 2.45) is 11.8 Å². The van der Waals surface area contributed by atoms with Crippen LogP contribution < -0.4 is 10.2 Å². The molecule has 3 aliphatic rings. The number of pyridine rings is 1. The van der Waals surface area contributed by atoms with Gasteiger partial charge in [-0.25, -0.2) is 4.98 Å². The number of rotatable bonds is 4. The minimum Gasteiger partial charge on any atom is -0.356 e. The van der Waals surface area contributed by atoms with E-state index in [0.717, 1.165) is 38.3 Å². The van der Waals surface area contributed by atoms with Crippen LogP contribution >= 0.6 is 0 Å². The number of anilines is 1. The number of aromatic nitrogens is 1. The van der Waals surface area contributed by atoms with Crippen molar-refractivity contribution in [1.29, 1.82) is 0 Å². The van der Waals surface area contributed by atoms with E-state index >= 15 is 0 Å².